The summed E-state index contributed by atoms with van der Waals surface area (Å²) < 4.78 is 16.8. The third-order valence-corrected chi connectivity index (χ3v) is 6.19. The minimum absolute atomic E-state index is 0.0807. The van der Waals surface area contributed by atoms with Crippen LogP contribution in [0.4, 0.5) is 11.4 Å². The molecule has 0 aromatic heterocycles. The predicted molar refractivity (Wildman–Crippen MR) is 162 cm³/mol. The minimum atomic E-state index is -0.644. The maximum absolute atomic E-state index is 12.3. The van der Waals surface area contributed by atoms with Gasteiger partial charge in [-0.2, -0.15) is 0 Å². The highest BCUT2D eigenvalue weighted by molar-refractivity contribution is 5.94. The molecule has 8 heteroatoms. The number of benzene rings is 4. The van der Waals surface area contributed by atoms with E-state index in [1.54, 1.807) is 48.5 Å². The van der Waals surface area contributed by atoms with Gasteiger partial charge in [-0.25, -0.2) is 0 Å². The van der Waals surface area contributed by atoms with Gasteiger partial charge < -0.3 is 24.8 Å². The van der Waals surface area contributed by atoms with Crippen LogP contribution in [0.25, 0.3) is 0 Å². The molecule has 4 rings (SSSR count). The van der Waals surface area contributed by atoms with Crippen LogP contribution in [-0.4, -0.2) is 24.4 Å². The summed E-state index contributed by atoms with van der Waals surface area (Å²) in [6, 6.07) is 29.3. The lowest BCUT2D eigenvalue weighted by atomic mass is 10.0. The summed E-state index contributed by atoms with van der Waals surface area (Å²) in [7, 11) is 0. The average Bonchev–Trinajstić information content (AvgIpc) is 2.97. The van der Waals surface area contributed by atoms with Crippen molar-refractivity contribution in [1.82, 2.24) is 0 Å². The van der Waals surface area contributed by atoms with Gasteiger partial charge in [-0.3, -0.25) is 14.4 Å². The molecule has 0 spiro atoms. The van der Waals surface area contributed by atoms with Gasteiger partial charge in [0, 0.05) is 17.8 Å². The number of hydrogen-bond donors (Lipinski definition) is 2. The maximum atomic E-state index is 12.3. The number of amides is 2. The van der Waals surface area contributed by atoms with Gasteiger partial charge in [0.1, 0.15) is 23.0 Å². The van der Waals surface area contributed by atoms with E-state index in [0.717, 1.165) is 16.9 Å². The molecule has 4 aromatic rings. The monoisotopic (exact) mass is 566 g/mol. The van der Waals surface area contributed by atoms with Crippen molar-refractivity contribution in [2.45, 2.75) is 39.5 Å². The summed E-state index contributed by atoms with van der Waals surface area (Å²) in [6.45, 7) is 5.79. The first-order valence-electron chi connectivity index (χ1n) is 13.7. The van der Waals surface area contributed by atoms with Crippen LogP contribution >= 0.6 is 0 Å². The van der Waals surface area contributed by atoms with E-state index in [1.807, 2.05) is 43.3 Å². The molecule has 0 aliphatic heterocycles. The summed E-state index contributed by atoms with van der Waals surface area (Å²) >= 11 is 0. The van der Waals surface area contributed by atoms with Crippen molar-refractivity contribution in [3.63, 3.8) is 0 Å². The van der Waals surface area contributed by atoms with Gasteiger partial charge >= 0.3 is 5.97 Å². The second-order valence-electron chi connectivity index (χ2n) is 10.0. The zero-order chi connectivity index (χ0) is 29.9. The Bertz CT molecular complexity index is 1500. The van der Waals surface area contributed by atoms with Crippen molar-refractivity contribution < 1.29 is 28.6 Å². The number of ether oxygens (including phenoxy) is 3. The quantitative estimate of drug-likeness (QED) is 0.171. The molecule has 2 N–H and O–H groups in total. The van der Waals surface area contributed by atoms with Gasteiger partial charge in [0.2, 0.25) is 5.91 Å². The third kappa shape index (κ3) is 9.23. The summed E-state index contributed by atoms with van der Waals surface area (Å²) in [5.41, 5.74) is 3.34. The number of anilines is 2. The zero-order valence-corrected chi connectivity index (χ0v) is 23.9. The predicted octanol–water partition coefficient (Wildman–Crippen LogP) is 7.60. The molecule has 0 bridgehead atoms. The van der Waals surface area contributed by atoms with Crippen LogP contribution in [0, 0.1) is 6.92 Å². The zero-order valence-electron chi connectivity index (χ0n) is 23.9. The number of nitrogens with one attached hydrogen (secondary N) is 2. The fourth-order valence-electron chi connectivity index (χ4n) is 4.03. The number of carbonyl (C=O) groups is 3. The van der Waals surface area contributed by atoms with E-state index < -0.39 is 18.5 Å². The lowest BCUT2D eigenvalue weighted by Crippen LogP contribution is -2.21. The largest absolute Gasteiger partial charge is 0.457 e. The van der Waals surface area contributed by atoms with E-state index in [-0.39, 0.29) is 18.7 Å². The van der Waals surface area contributed by atoms with E-state index in [2.05, 4.69) is 36.6 Å². The Hall–Kier alpha value is -5.11. The van der Waals surface area contributed by atoms with Crippen molar-refractivity contribution in [2.75, 3.05) is 17.2 Å². The van der Waals surface area contributed by atoms with Crippen LogP contribution in [0.5, 0.6) is 23.0 Å². The van der Waals surface area contributed by atoms with Crippen LogP contribution in [0.1, 0.15) is 43.7 Å². The number of rotatable bonds is 12. The summed E-state index contributed by atoms with van der Waals surface area (Å²) in [5.74, 6) is 1.63. The molecular weight excluding hydrogens is 532 g/mol. The number of carbonyl (C=O) groups excluding carboxylic acids is 3. The Morgan fingerprint density at radius 1 is 0.667 bits per heavy atom. The summed E-state index contributed by atoms with van der Waals surface area (Å²) in [5, 5.41) is 5.41. The topological polar surface area (TPSA) is 103 Å². The van der Waals surface area contributed by atoms with Crippen molar-refractivity contribution in [1.29, 1.82) is 0 Å². The molecule has 0 aliphatic rings. The molecule has 0 unspecified atom stereocenters. The second-order valence-corrected chi connectivity index (χ2v) is 10.0. The van der Waals surface area contributed by atoms with E-state index in [0.29, 0.717) is 34.5 Å². The first kappa shape index (κ1) is 29.9. The summed E-state index contributed by atoms with van der Waals surface area (Å²) in [6.07, 6.45) is -0.236. The van der Waals surface area contributed by atoms with Crippen LogP contribution in [0.2, 0.25) is 0 Å². The molecule has 2 amide bonds. The highest BCUT2D eigenvalue weighted by Crippen LogP contribution is 2.32. The Labute approximate surface area is 245 Å². The molecular formula is C34H34N2O6. The van der Waals surface area contributed by atoms with Gasteiger partial charge in [0.05, 0.1) is 6.42 Å². The SMILES string of the molecule is Cc1ccc(C(C)C)c(Oc2ccc(NC(=O)CCC(=O)OCC(=O)Nc3ccc(Oc4ccccc4)cc3)cc2)c1. The normalized spacial score (nSPS) is 10.6. The van der Waals surface area contributed by atoms with Crippen molar-refractivity contribution in [2.24, 2.45) is 0 Å². The lowest BCUT2D eigenvalue weighted by Gasteiger charge is -2.15. The van der Waals surface area contributed by atoms with E-state index >= 15 is 0 Å². The highest BCUT2D eigenvalue weighted by Gasteiger charge is 2.12. The Morgan fingerprint density at radius 3 is 1.86 bits per heavy atom. The average molecular weight is 567 g/mol. The number of aryl methyl sites for hydroxylation is 1. The van der Waals surface area contributed by atoms with Gasteiger partial charge in [-0.1, -0.05) is 44.2 Å². The van der Waals surface area contributed by atoms with Gasteiger partial charge in [-0.15, -0.1) is 0 Å². The molecule has 42 heavy (non-hydrogen) atoms. The first-order chi connectivity index (χ1) is 20.2. The first-order valence-corrected chi connectivity index (χ1v) is 13.7. The fraction of sp³-hybridized carbons (Fsp3) is 0.206. The second kappa shape index (κ2) is 14.5. The van der Waals surface area contributed by atoms with Gasteiger partial charge in [-0.05, 0) is 90.7 Å². The van der Waals surface area contributed by atoms with Crippen LogP contribution < -0.4 is 20.1 Å². The lowest BCUT2D eigenvalue weighted by molar-refractivity contribution is -0.147. The van der Waals surface area contributed by atoms with Gasteiger partial charge in [0.15, 0.2) is 6.61 Å². The number of hydrogen-bond acceptors (Lipinski definition) is 6. The summed E-state index contributed by atoms with van der Waals surface area (Å²) in [4.78, 5) is 36.6. The molecule has 0 aliphatic carbocycles. The Kier molecular flexibility index (Phi) is 10.3. The molecule has 0 fully saturated rings. The van der Waals surface area contributed by atoms with Crippen molar-refractivity contribution in [3.05, 3.63) is 108 Å². The standard InChI is InChI=1S/C34H34N2O6/c1-23(2)30-18-9-24(3)21-31(30)42-29-16-12-25(13-17-29)35-32(37)19-20-34(39)40-22-33(38)36-26-10-14-28(15-11-26)41-27-7-5-4-6-8-27/h4-18,21,23H,19-20,22H2,1-3H3,(H,35,37)(H,36,38). The number of para-hydroxylation sites is 1. The Morgan fingerprint density at radius 2 is 1.24 bits per heavy atom. The van der Waals surface area contributed by atoms with Gasteiger partial charge in [0.25, 0.3) is 5.91 Å². The molecule has 0 atom stereocenters. The highest BCUT2D eigenvalue weighted by atomic mass is 16.5. The van der Waals surface area contributed by atoms with E-state index in [1.165, 1.54) is 0 Å². The molecule has 0 saturated heterocycles. The Balaban J connectivity index is 1.16. The number of esters is 1. The van der Waals surface area contributed by atoms with Crippen molar-refractivity contribution in [3.8, 4) is 23.0 Å². The maximum Gasteiger partial charge on any atom is 0.306 e. The van der Waals surface area contributed by atoms with E-state index in [9.17, 15) is 14.4 Å². The van der Waals surface area contributed by atoms with E-state index in [4.69, 9.17) is 14.2 Å². The minimum Gasteiger partial charge on any atom is -0.457 e. The molecule has 0 heterocycles. The molecule has 0 radical (unpaired) electrons. The molecule has 8 nitrogen and oxygen atoms in total. The van der Waals surface area contributed by atoms with Crippen LogP contribution in [0.3, 0.4) is 0 Å². The fourth-order valence-corrected chi connectivity index (χ4v) is 4.03. The van der Waals surface area contributed by atoms with Crippen LogP contribution in [-0.2, 0) is 19.1 Å². The van der Waals surface area contributed by atoms with Crippen molar-refractivity contribution >= 4 is 29.2 Å². The smallest absolute Gasteiger partial charge is 0.306 e. The van der Waals surface area contributed by atoms with Crippen LogP contribution in [0.15, 0.2) is 97.1 Å². The molecule has 216 valence electrons. The third-order valence-electron chi connectivity index (χ3n) is 6.19. The molecule has 0 saturated carbocycles. The molecule has 4 aromatic carbocycles.